The molecule has 0 spiro atoms. The normalized spacial score (nSPS) is 18.9. The molecule has 1 saturated heterocycles. The van der Waals surface area contributed by atoms with Gasteiger partial charge in [-0.1, -0.05) is 12.1 Å². The van der Waals surface area contributed by atoms with Crippen molar-refractivity contribution < 1.29 is 9.53 Å². The molecule has 3 heterocycles. The minimum Gasteiger partial charge on any atom is -0.482 e. The van der Waals surface area contributed by atoms with Crippen molar-refractivity contribution >= 4 is 23.2 Å². The second-order valence-corrected chi connectivity index (χ2v) is 8.22. The molecule has 9 heteroatoms. The summed E-state index contributed by atoms with van der Waals surface area (Å²) in [5, 5.41) is 11.2. The molecule has 2 aromatic rings. The number of ether oxygens (including phenoxy) is 1. The number of carbonyl (C=O) groups excluding carboxylic acids is 1. The van der Waals surface area contributed by atoms with Crippen LogP contribution in [0.5, 0.6) is 5.75 Å². The lowest BCUT2D eigenvalue weighted by atomic mass is 10.1. The predicted octanol–water partition coefficient (Wildman–Crippen LogP) is 1.76. The molecule has 2 N–H and O–H groups in total. The van der Waals surface area contributed by atoms with Crippen molar-refractivity contribution in [2.24, 2.45) is 12.0 Å². The molecule has 1 amide bonds. The van der Waals surface area contributed by atoms with Gasteiger partial charge in [-0.15, -0.1) is 0 Å². The molecule has 0 aliphatic carbocycles. The first-order chi connectivity index (χ1) is 15.6. The maximum atomic E-state index is 12.3. The minimum atomic E-state index is -0.00425. The Morgan fingerprint density at radius 3 is 3.03 bits per heavy atom. The van der Waals surface area contributed by atoms with Crippen molar-refractivity contribution in [2.75, 3.05) is 49.1 Å². The second kappa shape index (κ2) is 10.4. The molecule has 2 aliphatic rings. The fraction of sp³-hybridized carbons (Fsp3) is 0.522. The molecule has 2 aliphatic heterocycles. The first-order valence-corrected chi connectivity index (χ1v) is 11.4. The number of aryl methyl sites for hydroxylation is 1. The Balaban J connectivity index is 1.31. The SMILES string of the molecule is CCNC(=NCCCN1C(=O)COc2ccccc21)NC1CCCN(c2cnn(C)c2)C1. The number of anilines is 2. The average Bonchev–Trinajstić information content (AvgIpc) is 3.24. The Hall–Kier alpha value is -3.23. The van der Waals surface area contributed by atoms with E-state index in [-0.39, 0.29) is 12.5 Å². The number of rotatable bonds is 7. The monoisotopic (exact) mass is 439 g/mol. The molecule has 1 aromatic carbocycles. The van der Waals surface area contributed by atoms with Crippen LogP contribution >= 0.6 is 0 Å². The van der Waals surface area contributed by atoms with Crippen LogP contribution in [-0.4, -0.2) is 67.0 Å². The lowest BCUT2D eigenvalue weighted by Crippen LogP contribution is -2.51. The van der Waals surface area contributed by atoms with Gasteiger partial charge in [0, 0.05) is 52.0 Å². The maximum Gasteiger partial charge on any atom is 0.265 e. The molecular weight excluding hydrogens is 406 g/mol. The summed E-state index contributed by atoms with van der Waals surface area (Å²) in [5.74, 6) is 1.59. The molecule has 1 unspecified atom stereocenters. The van der Waals surface area contributed by atoms with E-state index in [0.29, 0.717) is 19.1 Å². The fourth-order valence-corrected chi connectivity index (χ4v) is 4.23. The Bertz CT molecular complexity index is 942. The fourth-order valence-electron chi connectivity index (χ4n) is 4.23. The number of aromatic nitrogens is 2. The minimum absolute atomic E-state index is 0.00425. The van der Waals surface area contributed by atoms with E-state index in [9.17, 15) is 4.79 Å². The van der Waals surface area contributed by atoms with Gasteiger partial charge in [0.05, 0.1) is 17.6 Å². The van der Waals surface area contributed by atoms with Gasteiger partial charge in [0.25, 0.3) is 5.91 Å². The Kier molecular flexibility index (Phi) is 7.14. The highest BCUT2D eigenvalue weighted by Crippen LogP contribution is 2.31. The van der Waals surface area contributed by atoms with Crippen LogP contribution in [-0.2, 0) is 11.8 Å². The lowest BCUT2D eigenvalue weighted by Gasteiger charge is -2.34. The van der Waals surface area contributed by atoms with Gasteiger partial charge in [0.15, 0.2) is 12.6 Å². The van der Waals surface area contributed by atoms with Crippen LogP contribution in [0.4, 0.5) is 11.4 Å². The smallest absolute Gasteiger partial charge is 0.265 e. The summed E-state index contributed by atoms with van der Waals surface area (Å²) in [6, 6.07) is 8.01. The van der Waals surface area contributed by atoms with Gasteiger partial charge in [-0.2, -0.15) is 5.10 Å². The molecule has 1 atom stereocenters. The molecule has 1 aromatic heterocycles. The summed E-state index contributed by atoms with van der Waals surface area (Å²) in [4.78, 5) is 21.3. The number of hydrogen-bond donors (Lipinski definition) is 2. The zero-order valence-electron chi connectivity index (χ0n) is 19.0. The van der Waals surface area contributed by atoms with E-state index >= 15 is 0 Å². The second-order valence-electron chi connectivity index (χ2n) is 8.22. The molecule has 9 nitrogen and oxygen atoms in total. The third-order valence-electron chi connectivity index (χ3n) is 5.78. The summed E-state index contributed by atoms with van der Waals surface area (Å²) < 4.78 is 7.36. The number of para-hydroxylation sites is 2. The molecule has 172 valence electrons. The van der Waals surface area contributed by atoms with E-state index < -0.39 is 0 Å². The summed E-state index contributed by atoms with van der Waals surface area (Å²) in [7, 11) is 1.95. The van der Waals surface area contributed by atoms with Crippen molar-refractivity contribution in [3.8, 4) is 5.75 Å². The van der Waals surface area contributed by atoms with Gasteiger partial charge in [0.1, 0.15) is 5.75 Å². The Morgan fingerprint density at radius 2 is 2.22 bits per heavy atom. The number of fused-ring (bicyclic) bond motifs is 1. The van der Waals surface area contributed by atoms with Crippen LogP contribution in [0.3, 0.4) is 0 Å². The van der Waals surface area contributed by atoms with Gasteiger partial charge in [-0.25, -0.2) is 0 Å². The molecule has 4 rings (SSSR count). The number of carbonyl (C=O) groups is 1. The maximum absolute atomic E-state index is 12.3. The van der Waals surface area contributed by atoms with Crippen molar-refractivity contribution in [2.45, 2.75) is 32.2 Å². The summed E-state index contributed by atoms with van der Waals surface area (Å²) >= 11 is 0. The van der Waals surface area contributed by atoms with Crippen molar-refractivity contribution in [3.63, 3.8) is 0 Å². The first-order valence-electron chi connectivity index (χ1n) is 11.4. The van der Waals surface area contributed by atoms with Gasteiger partial charge in [-0.3, -0.25) is 14.5 Å². The van der Waals surface area contributed by atoms with Crippen LogP contribution in [0.15, 0.2) is 41.7 Å². The van der Waals surface area contributed by atoms with E-state index in [1.807, 2.05) is 47.1 Å². The highest BCUT2D eigenvalue weighted by molar-refractivity contribution is 5.97. The standard InChI is InChI=1S/C23H33N7O2/c1-3-24-23(27-18-8-6-12-29(15-18)19-14-26-28(2)16-19)25-11-7-13-30-20-9-4-5-10-21(20)32-17-22(30)31/h4-5,9-10,14,16,18H,3,6-8,11-13,15,17H2,1-2H3,(H2,24,25,27). The molecule has 0 bridgehead atoms. The lowest BCUT2D eigenvalue weighted by molar-refractivity contribution is -0.121. The van der Waals surface area contributed by atoms with E-state index in [4.69, 9.17) is 9.73 Å². The number of aliphatic imine (C=N–C) groups is 1. The summed E-state index contributed by atoms with van der Waals surface area (Å²) in [6.07, 6.45) is 7.01. The average molecular weight is 440 g/mol. The predicted molar refractivity (Wildman–Crippen MR) is 126 cm³/mol. The Morgan fingerprint density at radius 1 is 1.34 bits per heavy atom. The number of guanidine groups is 1. The van der Waals surface area contributed by atoms with E-state index in [1.165, 1.54) is 0 Å². The van der Waals surface area contributed by atoms with E-state index in [0.717, 1.165) is 62.0 Å². The molecule has 0 radical (unpaired) electrons. The number of piperidine rings is 1. The van der Waals surface area contributed by atoms with E-state index in [1.54, 1.807) is 0 Å². The van der Waals surface area contributed by atoms with Gasteiger partial charge >= 0.3 is 0 Å². The number of benzene rings is 1. The van der Waals surface area contributed by atoms with E-state index in [2.05, 4.69) is 33.8 Å². The molecule has 32 heavy (non-hydrogen) atoms. The highest BCUT2D eigenvalue weighted by Gasteiger charge is 2.25. The van der Waals surface area contributed by atoms with Crippen LogP contribution in [0.25, 0.3) is 0 Å². The van der Waals surface area contributed by atoms with Gasteiger partial charge in [-0.05, 0) is 38.3 Å². The number of amides is 1. The topological polar surface area (TPSA) is 87.0 Å². The van der Waals surface area contributed by atoms with Crippen LogP contribution in [0.2, 0.25) is 0 Å². The van der Waals surface area contributed by atoms with Gasteiger partial charge in [0.2, 0.25) is 0 Å². The summed E-state index contributed by atoms with van der Waals surface area (Å²) in [5.41, 5.74) is 2.01. The number of hydrogen-bond acceptors (Lipinski definition) is 5. The van der Waals surface area contributed by atoms with Gasteiger partial charge < -0.3 is 25.2 Å². The zero-order valence-corrected chi connectivity index (χ0v) is 19.0. The number of nitrogens with one attached hydrogen (secondary N) is 2. The molecular formula is C23H33N7O2. The number of nitrogens with zero attached hydrogens (tertiary/aromatic N) is 5. The third kappa shape index (κ3) is 5.33. The summed E-state index contributed by atoms with van der Waals surface area (Å²) in [6.45, 7) is 6.21. The Labute approximate surface area is 189 Å². The first kappa shape index (κ1) is 22.0. The largest absolute Gasteiger partial charge is 0.482 e. The zero-order chi connectivity index (χ0) is 22.3. The molecule has 1 fully saturated rings. The van der Waals surface area contributed by atoms with Crippen LogP contribution < -0.4 is 25.2 Å². The van der Waals surface area contributed by atoms with Crippen LogP contribution in [0, 0.1) is 0 Å². The van der Waals surface area contributed by atoms with Crippen LogP contribution in [0.1, 0.15) is 26.2 Å². The quantitative estimate of drug-likeness (QED) is 0.388. The molecule has 0 saturated carbocycles. The van der Waals surface area contributed by atoms with Crippen molar-refractivity contribution in [1.29, 1.82) is 0 Å². The highest BCUT2D eigenvalue weighted by atomic mass is 16.5. The van der Waals surface area contributed by atoms with Crippen molar-refractivity contribution in [1.82, 2.24) is 20.4 Å². The van der Waals surface area contributed by atoms with Crippen molar-refractivity contribution in [3.05, 3.63) is 36.7 Å². The third-order valence-corrected chi connectivity index (χ3v) is 5.78.